The summed E-state index contributed by atoms with van der Waals surface area (Å²) in [5, 5.41) is 7.34. The van der Waals surface area contributed by atoms with Gasteiger partial charge in [-0.1, -0.05) is 6.07 Å². The average Bonchev–Trinajstić information content (AvgIpc) is 3.33. The minimum absolute atomic E-state index is 0.0497. The zero-order valence-electron chi connectivity index (χ0n) is 15.8. The molecule has 7 nitrogen and oxygen atoms in total. The number of nitrogens with zero attached hydrogens (tertiary/aromatic N) is 1. The number of aromatic amines is 2. The minimum atomic E-state index is -0.581. The van der Waals surface area contributed by atoms with Crippen LogP contribution in [0.15, 0.2) is 33.9 Å². The number of nitrogens with one attached hydrogen (secondary N) is 3. The van der Waals surface area contributed by atoms with E-state index in [0.717, 1.165) is 44.5 Å². The number of halogens is 2. The van der Waals surface area contributed by atoms with E-state index in [1.165, 1.54) is 12.1 Å². The summed E-state index contributed by atoms with van der Waals surface area (Å²) < 4.78 is 26.9. The molecular formula is C20H22F2N4O3. The highest BCUT2D eigenvalue weighted by molar-refractivity contribution is 5.79. The Hall–Kier alpha value is -2.81. The molecule has 1 atom stereocenters. The predicted octanol–water partition coefficient (Wildman–Crippen LogP) is 1.05. The Morgan fingerprint density at radius 3 is 2.62 bits per heavy atom. The number of H-pyrrole nitrogens is 2. The first-order valence-electron chi connectivity index (χ1n) is 9.61. The lowest BCUT2D eigenvalue weighted by Gasteiger charge is -2.33. The van der Waals surface area contributed by atoms with Gasteiger partial charge in [-0.25, -0.2) is 8.78 Å². The van der Waals surface area contributed by atoms with Gasteiger partial charge in [-0.3, -0.25) is 29.5 Å². The standard InChI is InChI=1S/C20H22F2N4O3/c21-14-2-1-12(15(22)9-14)11-26-5-3-20(4-6-26)10-16(20)23-17(27)7-13-8-18(28)24-25-19(13)29/h1-2,8-9,16H,3-7,10-11H2,(H,23,27)(H,24,28)(H,25,29). The van der Waals surface area contributed by atoms with Gasteiger partial charge < -0.3 is 5.32 Å². The molecule has 29 heavy (non-hydrogen) atoms. The zero-order chi connectivity index (χ0) is 20.6. The van der Waals surface area contributed by atoms with Gasteiger partial charge in [0.2, 0.25) is 5.91 Å². The Morgan fingerprint density at radius 2 is 1.90 bits per heavy atom. The summed E-state index contributed by atoms with van der Waals surface area (Å²) >= 11 is 0. The Morgan fingerprint density at radius 1 is 1.14 bits per heavy atom. The molecule has 4 rings (SSSR count). The van der Waals surface area contributed by atoms with Crippen molar-refractivity contribution in [1.82, 2.24) is 20.4 Å². The summed E-state index contributed by atoms with van der Waals surface area (Å²) in [6.07, 6.45) is 2.50. The lowest BCUT2D eigenvalue weighted by Crippen LogP contribution is -2.39. The molecule has 1 spiro atoms. The second-order valence-electron chi connectivity index (χ2n) is 7.99. The van der Waals surface area contributed by atoms with E-state index in [4.69, 9.17) is 0 Å². The molecule has 2 fully saturated rings. The highest BCUT2D eigenvalue weighted by atomic mass is 19.1. The molecule has 1 aliphatic heterocycles. The van der Waals surface area contributed by atoms with E-state index in [2.05, 4.69) is 20.4 Å². The Bertz CT molecular complexity index is 1040. The van der Waals surface area contributed by atoms with E-state index < -0.39 is 22.8 Å². The molecule has 1 saturated carbocycles. The molecule has 2 aromatic rings. The van der Waals surface area contributed by atoms with Gasteiger partial charge in [-0.2, -0.15) is 0 Å². The van der Waals surface area contributed by atoms with Crippen molar-refractivity contribution in [1.29, 1.82) is 0 Å². The molecule has 2 heterocycles. The van der Waals surface area contributed by atoms with Gasteiger partial charge >= 0.3 is 0 Å². The molecule has 1 amide bonds. The number of carbonyl (C=O) groups excluding carboxylic acids is 1. The Labute approximate surface area is 165 Å². The van der Waals surface area contributed by atoms with Crippen molar-refractivity contribution in [2.75, 3.05) is 13.1 Å². The van der Waals surface area contributed by atoms with Crippen LogP contribution in [0.25, 0.3) is 0 Å². The first-order chi connectivity index (χ1) is 13.8. The van der Waals surface area contributed by atoms with Gasteiger partial charge in [0, 0.05) is 35.8 Å². The number of piperidine rings is 1. The first-order valence-corrected chi connectivity index (χ1v) is 9.61. The minimum Gasteiger partial charge on any atom is -0.352 e. The molecule has 3 N–H and O–H groups in total. The molecule has 154 valence electrons. The van der Waals surface area contributed by atoms with Gasteiger partial charge in [0.1, 0.15) is 11.6 Å². The molecule has 1 aromatic heterocycles. The van der Waals surface area contributed by atoms with Crippen LogP contribution >= 0.6 is 0 Å². The summed E-state index contributed by atoms with van der Waals surface area (Å²) in [4.78, 5) is 37.4. The van der Waals surface area contributed by atoms with Gasteiger partial charge in [0.15, 0.2) is 0 Å². The number of aromatic nitrogens is 2. The molecule has 0 radical (unpaired) electrons. The van der Waals surface area contributed by atoms with Crippen molar-refractivity contribution in [2.45, 2.75) is 38.3 Å². The lowest BCUT2D eigenvalue weighted by molar-refractivity contribution is -0.120. The third-order valence-electron chi connectivity index (χ3n) is 6.03. The maximum atomic E-state index is 13.8. The van der Waals surface area contributed by atoms with Crippen LogP contribution in [0.1, 0.15) is 30.4 Å². The van der Waals surface area contributed by atoms with Crippen LogP contribution in [0, 0.1) is 17.0 Å². The lowest BCUT2D eigenvalue weighted by atomic mass is 9.92. The van der Waals surface area contributed by atoms with Crippen LogP contribution in [0.4, 0.5) is 8.78 Å². The largest absolute Gasteiger partial charge is 0.352 e. The average molecular weight is 404 g/mol. The van der Waals surface area contributed by atoms with Crippen LogP contribution in [0.5, 0.6) is 0 Å². The van der Waals surface area contributed by atoms with Gasteiger partial charge in [0.05, 0.1) is 6.42 Å². The summed E-state index contributed by atoms with van der Waals surface area (Å²) in [6, 6.07) is 4.83. The number of hydrogen-bond acceptors (Lipinski definition) is 4. The summed E-state index contributed by atoms with van der Waals surface area (Å²) in [5.41, 5.74) is -0.274. The van der Waals surface area contributed by atoms with E-state index in [0.29, 0.717) is 12.1 Å². The van der Waals surface area contributed by atoms with Crippen LogP contribution < -0.4 is 16.4 Å². The molecule has 1 saturated heterocycles. The molecule has 1 aromatic carbocycles. The maximum absolute atomic E-state index is 13.8. The summed E-state index contributed by atoms with van der Waals surface area (Å²) in [5.74, 6) is -1.39. The quantitative estimate of drug-likeness (QED) is 0.694. The molecular weight excluding hydrogens is 382 g/mol. The van der Waals surface area contributed by atoms with Crippen molar-refractivity contribution in [3.8, 4) is 0 Å². The third kappa shape index (κ3) is 4.29. The second kappa shape index (κ2) is 7.55. The van der Waals surface area contributed by atoms with E-state index in [9.17, 15) is 23.2 Å². The van der Waals surface area contributed by atoms with Gasteiger partial charge in [0.25, 0.3) is 11.1 Å². The van der Waals surface area contributed by atoms with Crippen LogP contribution in [0.2, 0.25) is 0 Å². The molecule has 9 heteroatoms. The zero-order valence-corrected chi connectivity index (χ0v) is 15.8. The van der Waals surface area contributed by atoms with Crippen molar-refractivity contribution in [3.63, 3.8) is 0 Å². The van der Waals surface area contributed by atoms with Crippen molar-refractivity contribution >= 4 is 5.91 Å². The van der Waals surface area contributed by atoms with Crippen LogP contribution in [-0.2, 0) is 17.8 Å². The first kappa shape index (κ1) is 19.5. The molecule has 1 unspecified atom stereocenters. The third-order valence-corrected chi connectivity index (χ3v) is 6.03. The molecule has 2 aliphatic rings. The van der Waals surface area contributed by atoms with E-state index in [-0.39, 0.29) is 29.3 Å². The smallest absolute Gasteiger partial charge is 0.266 e. The Kier molecular flexibility index (Phi) is 5.08. The summed E-state index contributed by atoms with van der Waals surface area (Å²) in [7, 11) is 0. The van der Waals surface area contributed by atoms with E-state index in [1.54, 1.807) is 0 Å². The highest BCUT2D eigenvalue weighted by Gasteiger charge is 2.55. The van der Waals surface area contributed by atoms with E-state index >= 15 is 0 Å². The number of rotatable bonds is 5. The van der Waals surface area contributed by atoms with Crippen LogP contribution in [0.3, 0.4) is 0 Å². The monoisotopic (exact) mass is 404 g/mol. The van der Waals surface area contributed by atoms with Gasteiger partial charge in [-0.15, -0.1) is 0 Å². The number of likely N-dealkylation sites (tertiary alicyclic amines) is 1. The Balaban J connectivity index is 1.28. The number of carbonyl (C=O) groups is 1. The van der Waals surface area contributed by atoms with Crippen molar-refractivity contribution in [2.24, 2.45) is 5.41 Å². The van der Waals surface area contributed by atoms with E-state index in [1.807, 2.05) is 0 Å². The maximum Gasteiger partial charge on any atom is 0.266 e. The summed E-state index contributed by atoms with van der Waals surface area (Å²) in [6.45, 7) is 1.98. The second-order valence-corrected chi connectivity index (χ2v) is 7.99. The SMILES string of the molecule is O=C(Cc1cc(=O)[nH][nH]c1=O)NC1CC12CCN(Cc1ccc(F)cc1F)CC2. The molecule has 1 aliphatic carbocycles. The fourth-order valence-electron chi connectivity index (χ4n) is 4.16. The number of amides is 1. The fraction of sp³-hybridized carbons (Fsp3) is 0.450. The number of hydrogen-bond donors (Lipinski definition) is 3. The van der Waals surface area contributed by atoms with Crippen LogP contribution in [-0.4, -0.2) is 40.1 Å². The number of benzene rings is 1. The predicted molar refractivity (Wildman–Crippen MR) is 101 cm³/mol. The fourth-order valence-corrected chi connectivity index (χ4v) is 4.16. The molecule has 0 bridgehead atoms. The van der Waals surface area contributed by atoms with Crippen molar-refractivity contribution in [3.05, 3.63) is 67.7 Å². The normalized spacial score (nSPS) is 20.6. The topological polar surface area (TPSA) is 98.1 Å². The van der Waals surface area contributed by atoms with Crippen molar-refractivity contribution < 1.29 is 13.6 Å². The highest BCUT2D eigenvalue weighted by Crippen LogP contribution is 2.54. The van der Waals surface area contributed by atoms with Gasteiger partial charge in [-0.05, 0) is 43.8 Å².